The lowest BCUT2D eigenvalue weighted by atomic mass is 10.0. The fraction of sp³-hybridized carbons (Fsp3) is 0.632. The number of carbonyl (C=O) groups excluding carboxylic acids is 1. The minimum absolute atomic E-state index is 0.00555. The lowest BCUT2D eigenvalue weighted by Crippen LogP contribution is -2.53. The Morgan fingerprint density at radius 1 is 1.28 bits per heavy atom. The third-order valence-electron chi connectivity index (χ3n) is 4.91. The quantitative estimate of drug-likeness (QED) is 0.780. The van der Waals surface area contributed by atoms with Crippen molar-refractivity contribution in [3.05, 3.63) is 34.9 Å². The topological polar surface area (TPSA) is 46.6 Å². The molecule has 1 saturated carbocycles. The number of amides is 1. The summed E-state index contributed by atoms with van der Waals surface area (Å²) in [5.41, 5.74) is 1.02. The number of carbonyl (C=O) groups is 1. The van der Waals surface area contributed by atoms with Crippen LogP contribution in [-0.2, 0) is 20.3 Å². The summed E-state index contributed by atoms with van der Waals surface area (Å²) in [6.07, 6.45) is 2.20. The van der Waals surface area contributed by atoms with Crippen LogP contribution < -0.4 is 0 Å². The second-order valence-electron chi connectivity index (χ2n) is 7.91. The Morgan fingerprint density at radius 2 is 1.92 bits per heavy atom. The maximum atomic E-state index is 12.8. The normalized spacial score (nSPS) is 24.2. The zero-order chi connectivity index (χ0) is 18.2. The van der Waals surface area contributed by atoms with Gasteiger partial charge in [0.1, 0.15) is 6.61 Å². The van der Waals surface area contributed by atoms with Crippen LogP contribution in [0.25, 0.3) is 0 Å². The van der Waals surface area contributed by atoms with Crippen LogP contribution in [0.4, 0.5) is 0 Å². The maximum absolute atomic E-state index is 12.8. The van der Waals surface area contributed by atoms with Crippen LogP contribution in [0.3, 0.4) is 0 Å². The molecule has 2 aliphatic rings. The van der Waals surface area contributed by atoms with Crippen molar-refractivity contribution in [1.82, 2.24) is 4.90 Å². The average Bonchev–Trinajstić information content (AvgIpc) is 3.37. The summed E-state index contributed by atoms with van der Waals surface area (Å²) in [5.74, 6) is 0.974. The summed E-state index contributed by atoms with van der Waals surface area (Å²) < 4.78 is 18.0. The first-order valence-corrected chi connectivity index (χ1v) is 10.5. The van der Waals surface area contributed by atoms with Gasteiger partial charge >= 0.3 is 0 Å². The van der Waals surface area contributed by atoms with E-state index in [0.29, 0.717) is 23.3 Å². The van der Waals surface area contributed by atoms with Crippen molar-refractivity contribution < 1.29 is 13.7 Å². The van der Waals surface area contributed by atoms with Crippen molar-refractivity contribution in [2.24, 2.45) is 5.92 Å². The minimum atomic E-state index is -0.995. The highest BCUT2D eigenvalue weighted by Gasteiger charge is 2.44. The molecule has 0 radical (unpaired) electrons. The monoisotopic (exact) mass is 383 g/mol. The fourth-order valence-corrected chi connectivity index (χ4v) is 4.64. The van der Waals surface area contributed by atoms with Crippen molar-refractivity contribution in [3.63, 3.8) is 0 Å². The van der Waals surface area contributed by atoms with Crippen molar-refractivity contribution in [3.8, 4) is 0 Å². The summed E-state index contributed by atoms with van der Waals surface area (Å²) in [4.78, 5) is 14.7. The van der Waals surface area contributed by atoms with Crippen LogP contribution in [0.1, 0.15) is 45.2 Å². The molecule has 4 nitrogen and oxygen atoms in total. The standard InChI is InChI=1S/C19H26ClNO3S/c1-19(2,3)25(23)12-17(14-4-5-14)21-16(10-24-11-18(21)22)13-6-8-15(20)9-7-13/h6-9,14,16-17H,4-5,10-12H2,1-3H3. The average molecular weight is 384 g/mol. The molecule has 3 unspecified atom stereocenters. The van der Waals surface area contributed by atoms with E-state index in [1.165, 1.54) is 0 Å². The van der Waals surface area contributed by atoms with Gasteiger partial charge in [0.15, 0.2) is 0 Å². The summed E-state index contributed by atoms with van der Waals surface area (Å²) in [5, 5.41) is 0.672. The number of nitrogens with zero attached hydrogens (tertiary/aromatic N) is 1. The Kier molecular flexibility index (Phi) is 5.57. The van der Waals surface area contributed by atoms with Gasteiger partial charge in [0.25, 0.3) is 0 Å². The number of hydrogen-bond donors (Lipinski definition) is 0. The molecule has 0 bridgehead atoms. The number of morpholine rings is 1. The van der Waals surface area contributed by atoms with E-state index in [-0.39, 0.29) is 29.3 Å². The molecule has 1 aliphatic carbocycles. The largest absolute Gasteiger partial charge is 0.369 e. The highest BCUT2D eigenvalue weighted by Crippen LogP contribution is 2.40. The Balaban J connectivity index is 1.89. The predicted octanol–water partition coefficient (Wildman–Crippen LogP) is 3.57. The predicted molar refractivity (Wildman–Crippen MR) is 101 cm³/mol. The third kappa shape index (κ3) is 4.44. The van der Waals surface area contributed by atoms with Gasteiger partial charge in [0.05, 0.1) is 12.6 Å². The highest BCUT2D eigenvalue weighted by atomic mass is 35.5. The van der Waals surface area contributed by atoms with E-state index in [1.807, 2.05) is 49.9 Å². The third-order valence-corrected chi connectivity index (χ3v) is 7.17. The highest BCUT2D eigenvalue weighted by molar-refractivity contribution is 7.86. The van der Waals surface area contributed by atoms with Gasteiger partial charge in [-0.25, -0.2) is 0 Å². The van der Waals surface area contributed by atoms with E-state index < -0.39 is 10.8 Å². The molecule has 1 heterocycles. The van der Waals surface area contributed by atoms with E-state index in [9.17, 15) is 9.00 Å². The Labute approximate surface area is 157 Å². The number of hydrogen-bond acceptors (Lipinski definition) is 3. The van der Waals surface area contributed by atoms with Crippen molar-refractivity contribution in [2.45, 2.75) is 50.4 Å². The molecule has 1 saturated heterocycles. The van der Waals surface area contributed by atoms with Gasteiger partial charge in [-0.2, -0.15) is 0 Å². The van der Waals surface area contributed by atoms with Crippen molar-refractivity contribution in [2.75, 3.05) is 19.0 Å². The Hall–Kier alpha value is -0.910. The molecule has 2 fully saturated rings. The minimum Gasteiger partial charge on any atom is -0.369 e. The Bertz CT molecular complexity index is 652. The molecule has 3 rings (SSSR count). The molecule has 6 heteroatoms. The SMILES string of the molecule is CC(C)(C)S(=O)CC(C1CC1)N1C(=O)COCC1c1ccc(Cl)cc1. The van der Waals surface area contributed by atoms with Crippen molar-refractivity contribution >= 4 is 28.3 Å². The molecule has 0 N–H and O–H groups in total. The lowest BCUT2D eigenvalue weighted by Gasteiger charge is -2.42. The lowest BCUT2D eigenvalue weighted by molar-refractivity contribution is -0.152. The number of benzene rings is 1. The summed E-state index contributed by atoms with van der Waals surface area (Å²) in [7, 11) is -0.995. The molecule has 0 aromatic heterocycles. The molecule has 3 atom stereocenters. The van der Waals surface area contributed by atoms with E-state index in [0.717, 1.165) is 18.4 Å². The Morgan fingerprint density at radius 3 is 2.48 bits per heavy atom. The van der Waals surface area contributed by atoms with Crippen LogP contribution in [0.15, 0.2) is 24.3 Å². The molecular weight excluding hydrogens is 358 g/mol. The number of halogens is 1. The zero-order valence-electron chi connectivity index (χ0n) is 15.0. The fourth-order valence-electron chi connectivity index (χ4n) is 3.27. The van der Waals surface area contributed by atoms with Gasteiger partial charge in [-0.1, -0.05) is 23.7 Å². The summed E-state index contributed by atoms with van der Waals surface area (Å²) >= 11 is 6.01. The van der Waals surface area contributed by atoms with Crippen LogP contribution in [-0.4, -0.2) is 44.8 Å². The van der Waals surface area contributed by atoms with Gasteiger partial charge in [-0.05, 0) is 57.2 Å². The van der Waals surface area contributed by atoms with Crippen LogP contribution in [0.2, 0.25) is 5.02 Å². The van der Waals surface area contributed by atoms with Gasteiger partial charge in [0, 0.05) is 32.4 Å². The van der Waals surface area contributed by atoms with Crippen LogP contribution >= 0.6 is 11.6 Å². The molecule has 1 aromatic carbocycles. The molecular formula is C19H26ClNO3S. The number of rotatable bonds is 5. The van der Waals surface area contributed by atoms with Gasteiger partial charge in [-0.3, -0.25) is 9.00 Å². The van der Waals surface area contributed by atoms with E-state index in [1.54, 1.807) is 0 Å². The zero-order valence-corrected chi connectivity index (χ0v) is 16.6. The van der Waals surface area contributed by atoms with E-state index in [2.05, 4.69) is 0 Å². The maximum Gasteiger partial charge on any atom is 0.249 e. The number of ether oxygens (including phenoxy) is 1. The molecule has 1 aromatic rings. The van der Waals surface area contributed by atoms with Crippen molar-refractivity contribution in [1.29, 1.82) is 0 Å². The van der Waals surface area contributed by atoms with Crippen LogP contribution in [0.5, 0.6) is 0 Å². The molecule has 0 spiro atoms. The molecule has 138 valence electrons. The smallest absolute Gasteiger partial charge is 0.249 e. The second-order valence-corrected chi connectivity index (χ2v) is 10.6. The molecule has 1 aliphatic heterocycles. The summed E-state index contributed by atoms with van der Waals surface area (Å²) in [6, 6.07) is 7.46. The van der Waals surface area contributed by atoms with Gasteiger partial charge < -0.3 is 9.64 Å². The van der Waals surface area contributed by atoms with E-state index >= 15 is 0 Å². The van der Waals surface area contributed by atoms with E-state index in [4.69, 9.17) is 16.3 Å². The second kappa shape index (κ2) is 7.37. The first-order chi connectivity index (χ1) is 11.8. The molecule has 1 amide bonds. The molecule has 25 heavy (non-hydrogen) atoms. The first-order valence-electron chi connectivity index (χ1n) is 8.80. The van der Waals surface area contributed by atoms with Gasteiger partial charge in [0.2, 0.25) is 5.91 Å². The summed E-state index contributed by atoms with van der Waals surface area (Å²) in [6.45, 7) is 6.55. The van der Waals surface area contributed by atoms with Crippen LogP contribution in [0, 0.1) is 5.92 Å². The first kappa shape index (κ1) is 18.9. The van der Waals surface area contributed by atoms with Gasteiger partial charge in [-0.15, -0.1) is 0 Å².